The van der Waals surface area contributed by atoms with Crippen molar-refractivity contribution in [3.8, 4) is 5.75 Å². The zero-order valence-corrected chi connectivity index (χ0v) is 15.6. The van der Waals surface area contributed by atoms with E-state index in [1.807, 2.05) is 45.0 Å². The molecule has 0 unspecified atom stereocenters. The third-order valence-electron chi connectivity index (χ3n) is 3.59. The van der Waals surface area contributed by atoms with Crippen molar-refractivity contribution in [1.29, 1.82) is 0 Å². The molecular formula is C19H22BrNO2. The summed E-state index contributed by atoms with van der Waals surface area (Å²) in [5.74, 6) is 0.574. The van der Waals surface area contributed by atoms with Crippen LogP contribution in [0.1, 0.15) is 29.2 Å². The lowest BCUT2D eigenvalue weighted by Gasteiger charge is -2.14. The number of nitrogens with one attached hydrogen (secondary N) is 1. The van der Waals surface area contributed by atoms with Crippen LogP contribution in [-0.4, -0.2) is 12.5 Å². The first-order chi connectivity index (χ1) is 10.9. The lowest BCUT2D eigenvalue weighted by Crippen LogP contribution is -2.21. The van der Waals surface area contributed by atoms with Crippen LogP contribution >= 0.6 is 15.9 Å². The summed E-state index contributed by atoms with van der Waals surface area (Å²) in [6.07, 6.45) is 0.855. The SMILES string of the molecule is CCc1cc(Br)cc(C)c1NC(=O)COc1cc(C)cc(C)c1. The van der Waals surface area contributed by atoms with Gasteiger partial charge in [-0.05, 0) is 73.7 Å². The van der Waals surface area contributed by atoms with Gasteiger partial charge in [0, 0.05) is 10.2 Å². The van der Waals surface area contributed by atoms with E-state index < -0.39 is 0 Å². The second-order valence-corrected chi connectivity index (χ2v) is 6.69. The van der Waals surface area contributed by atoms with Crippen LogP contribution in [0.25, 0.3) is 0 Å². The monoisotopic (exact) mass is 375 g/mol. The molecule has 0 saturated heterocycles. The van der Waals surface area contributed by atoms with Crippen LogP contribution in [-0.2, 0) is 11.2 Å². The highest BCUT2D eigenvalue weighted by Crippen LogP contribution is 2.26. The smallest absolute Gasteiger partial charge is 0.262 e. The van der Waals surface area contributed by atoms with Crippen LogP contribution in [0.5, 0.6) is 5.75 Å². The van der Waals surface area contributed by atoms with Gasteiger partial charge < -0.3 is 10.1 Å². The molecule has 0 aromatic heterocycles. The number of hydrogen-bond acceptors (Lipinski definition) is 2. The van der Waals surface area contributed by atoms with Gasteiger partial charge in [-0.2, -0.15) is 0 Å². The molecule has 0 radical (unpaired) electrons. The van der Waals surface area contributed by atoms with Crippen LogP contribution in [0.2, 0.25) is 0 Å². The second kappa shape index (κ2) is 7.64. The van der Waals surface area contributed by atoms with E-state index in [4.69, 9.17) is 4.74 Å². The van der Waals surface area contributed by atoms with Crippen molar-refractivity contribution in [3.63, 3.8) is 0 Å². The van der Waals surface area contributed by atoms with Gasteiger partial charge in [-0.1, -0.05) is 28.9 Å². The minimum absolute atomic E-state index is 0.00154. The fraction of sp³-hybridized carbons (Fsp3) is 0.316. The molecule has 0 fully saturated rings. The fourth-order valence-electron chi connectivity index (χ4n) is 2.61. The first-order valence-corrected chi connectivity index (χ1v) is 8.48. The Morgan fingerprint density at radius 3 is 2.35 bits per heavy atom. The first kappa shape index (κ1) is 17.5. The van der Waals surface area contributed by atoms with Crippen molar-refractivity contribution < 1.29 is 9.53 Å². The Bertz CT molecular complexity index is 705. The van der Waals surface area contributed by atoms with Gasteiger partial charge in [0.15, 0.2) is 6.61 Å². The van der Waals surface area contributed by atoms with Gasteiger partial charge in [0.25, 0.3) is 5.91 Å². The largest absolute Gasteiger partial charge is 0.484 e. The van der Waals surface area contributed by atoms with Gasteiger partial charge in [-0.25, -0.2) is 0 Å². The van der Waals surface area contributed by atoms with Crippen molar-refractivity contribution in [3.05, 3.63) is 57.1 Å². The predicted octanol–water partition coefficient (Wildman–Crippen LogP) is 4.95. The number of hydrogen-bond donors (Lipinski definition) is 1. The van der Waals surface area contributed by atoms with Crippen LogP contribution in [0.4, 0.5) is 5.69 Å². The number of halogens is 1. The molecule has 0 bridgehead atoms. The molecule has 0 aliphatic rings. The quantitative estimate of drug-likeness (QED) is 0.802. The number of carbonyl (C=O) groups is 1. The predicted molar refractivity (Wildman–Crippen MR) is 98.3 cm³/mol. The fourth-order valence-corrected chi connectivity index (χ4v) is 3.23. The molecule has 1 amide bonds. The molecule has 2 rings (SSSR count). The Labute approximate surface area is 146 Å². The molecule has 122 valence electrons. The van der Waals surface area contributed by atoms with E-state index in [0.717, 1.165) is 44.6 Å². The van der Waals surface area contributed by atoms with E-state index in [2.05, 4.69) is 34.2 Å². The summed E-state index contributed by atoms with van der Waals surface area (Å²) in [6, 6.07) is 9.98. The normalized spacial score (nSPS) is 10.5. The van der Waals surface area contributed by atoms with Gasteiger partial charge in [-0.15, -0.1) is 0 Å². The number of carbonyl (C=O) groups excluding carboxylic acids is 1. The molecule has 0 atom stereocenters. The Morgan fingerprint density at radius 2 is 1.74 bits per heavy atom. The third-order valence-corrected chi connectivity index (χ3v) is 4.05. The van der Waals surface area contributed by atoms with E-state index in [1.54, 1.807) is 0 Å². The van der Waals surface area contributed by atoms with E-state index in [0.29, 0.717) is 0 Å². The van der Waals surface area contributed by atoms with Gasteiger partial charge in [0.2, 0.25) is 0 Å². The summed E-state index contributed by atoms with van der Waals surface area (Å²) in [6.45, 7) is 8.09. The number of aryl methyl sites for hydroxylation is 4. The van der Waals surface area contributed by atoms with E-state index in [9.17, 15) is 4.79 Å². The van der Waals surface area contributed by atoms with Crippen molar-refractivity contribution in [2.24, 2.45) is 0 Å². The Balaban J connectivity index is 2.05. The highest BCUT2D eigenvalue weighted by molar-refractivity contribution is 9.10. The van der Waals surface area contributed by atoms with Gasteiger partial charge in [0.1, 0.15) is 5.75 Å². The van der Waals surface area contributed by atoms with Gasteiger partial charge >= 0.3 is 0 Å². The zero-order valence-electron chi connectivity index (χ0n) is 14.0. The first-order valence-electron chi connectivity index (χ1n) is 7.69. The standard InChI is InChI=1S/C19H22BrNO2/c1-5-15-10-16(20)9-14(4)19(15)21-18(22)11-23-17-7-12(2)6-13(3)8-17/h6-10H,5,11H2,1-4H3,(H,21,22). The number of ether oxygens (including phenoxy) is 1. The molecule has 4 heteroatoms. The summed E-state index contributed by atoms with van der Waals surface area (Å²) in [7, 11) is 0. The molecule has 0 aliphatic heterocycles. The van der Waals surface area contributed by atoms with E-state index in [1.165, 1.54) is 0 Å². The Hall–Kier alpha value is -1.81. The third kappa shape index (κ3) is 4.83. The summed E-state index contributed by atoms with van der Waals surface area (Å²) >= 11 is 3.49. The number of benzene rings is 2. The average molecular weight is 376 g/mol. The molecule has 0 saturated carbocycles. The van der Waals surface area contributed by atoms with Crippen LogP contribution in [0, 0.1) is 20.8 Å². The molecule has 0 spiro atoms. The molecule has 1 N–H and O–H groups in total. The van der Waals surface area contributed by atoms with Crippen molar-refractivity contribution in [2.45, 2.75) is 34.1 Å². The maximum atomic E-state index is 12.2. The lowest BCUT2D eigenvalue weighted by atomic mass is 10.1. The maximum Gasteiger partial charge on any atom is 0.262 e. The molecule has 2 aromatic rings. The van der Waals surface area contributed by atoms with Crippen LogP contribution in [0.15, 0.2) is 34.8 Å². The van der Waals surface area contributed by atoms with Gasteiger partial charge in [-0.3, -0.25) is 4.79 Å². The zero-order chi connectivity index (χ0) is 17.0. The van der Waals surface area contributed by atoms with E-state index >= 15 is 0 Å². The number of rotatable bonds is 5. The highest BCUT2D eigenvalue weighted by Gasteiger charge is 2.11. The summed E-state index contributed by atoms with van der Waals surface area (Å²) in [5, 5.41) is 2.97. The summed E-state index contributed by atoms with van der Waals surface area (Å²) < 4.78 is 6.64. The van der Waals surface area contributed by atoms with Gasteiger partial charge in [0.05, 0.1) is 0 Å². The molecule has 0 aliphatic carbocycles. The number of anilines is 1. The second-order valence-electron chi connectivity index (χ2n) is 5.77. The molecule has 23 heavy (non-hydrogen) atoms. The van der Waals surface area contributed by atoms with Crippen molar-refractivity contribution in [2.75, 3.05) is 11.9 Å². The molecule has 3 nitrogen and oxygen atoms in total. The number of amides is 1. The minimum Gasteiger partial charge on any atom is -0.484 e. The Morgan fingerprint density at radius 1 is 1.09 bits per heavy atom. The van der Waals surface area contributed by atoms with Crippen molar-refractivity contribution in [1.82, 2.24) is 0 Å². The Kier molecular flexibility index (Phi) is 5.83. The van der Waals surface area contributed by atoms with E-state index in [-0.39, 0.29) is 12.5 Å². The average Bonchev–Trinajstić information content (AvgIpc) is 2.46. The topological polar surface area (TPSA) is 38.3 Å². The maximum absolute atomic E-state index is 12.2. The molecular weight excluding hydrogens is 354 g/mol. The van der Waals surface area contributed by atoms with Crippen LogP contribution < -0.4 is 10.1 Å². The van der Waals surface area contributed by atoms with Crippen molar-refractivity contribution >= 4 is 27.5 Å². The highest BCUT2D eigenvalue weighted by atomic mass is 79.9. The summed E-state index contributed by atoms with van der Waals surface area (Å²) in [4.78, 5) is 12.2. The molecule has 0 heterocycles. The molecule has 2 aromatic carbocycles. The lowest BCUT2D eigenvalue weighted by molar-refractivity contribution is -0.118. The van der Waals surface area contributed by atoms with Crippen LogP contribution in [0.3, 0.4) is 0 Å². The minimum atomic E-state index is -0.149. The summed E-state index contributed by atoms with van der Waals surface area (Å²) in [5.41, 5.74) is 5.27.